The molecule has 0 aliphatic carbocycles. The van der Waals surface area contributed by atoms with E-state index in [0.717, 1.165) is 10.8 Å². The maximum Gasteiger partial charge on any atom is 0.305 e. The van der Waals surface area contributed by atoms with E-state index in [1.807, 2.05) is 38.1 Å². The lowest BCUT2D eigenvalue weighted by Gasteiger charge is -2.16. The van der Waals surface area contributed by atoms with Crippen LogP contribution in [0.25, 0.3) is 21.8 Å². The summed E-state index contributed by atoms with van der Waals surface area (Å²) < 4.78 is 12.1. The van der Waals surface area contributed by atoms with Gasteiger partial charge in [-0.1, -0.05) is 38.1 Å². The van der Waals surface area contributed by atoms with Crippen LogP contribution in [0.5, 0.6) is 5.75 Å². The summed E-state index contributed by atoms with van der Waals surface area (Å²) >= 11 is 0. The van der Waals surface area contributed by atoms with Gasteiger partial charge in [0.05, 0.1) is 24.2 Å². The van der Waals surface area contributed by atoms with Gasteiger partial charge in [0.25, 0.3) is 5.56 Å². The molecule has 2 aromatic carbocycles. The molecule has 0 saturated heterocycles. The van der Waals surface area contributed by atoms with Gasteiger partial charge in [-0.05, 0) is 19.8 Å². The zero-order chi connectivity index (χ0) is 22.5. The second kappa shape index (κ2) is 9.73. The van der Waals surface area contributed by atoms with E-state index in [4.69, 9.17) is 9.47 Å². The van der Waals surface area contributed by atoms with Gasteiger partial charge in [0.15, 0.2) is 0 Å². The van der Waals surface area contributed by atoms with Crippen molar-refractivity contribution in [3.63, 3.8) is 0 Å². The standard InChI is InChI=1S/C24H28N2O5/c1-5-30-21(28)12-8-9-13-31-20-14-19-23(18-11-7-6-10-17(18)20)25-22(15(2)3)24(29)26(19)16(4)27/h6-7,10-11,14-15H,5,8-9,12-13H2,1-4H3. The number of aromatic nitrogens is 2. The van der Waals surface area contributed by atoms with E-state index in [1.165, 1.54) is 11.5 Å². The van der Waals surface area contributed by atoms with E-state index in [9.17, 15) is 14.4 Å². The van der Waals surface area contributed by atoms with Crippen LogP contribution in [0.4, 0.5) is 0 Å². The number of hydrogen-bond acceptors (Lipinski definition) is 6. The fourth-order valence-corrected chi connectivity index (χ4v) is 3.59. The van der Waals surface area contributed by atoms with Crippen LogP contribution < -0.4 is 10.3 Å². The summed E-state index contributed by atoms with van der Waals surface area (Å²) in [6, 6.07) is 9.36. The van der Waals surface area contributed by atoms with Crippen LogP contribution in [-0.2, 0) is 9.53 Å². The lowest BCUT2D eigenvalue weighted by Crippen LogP contribution is -2.30. The van der Waals surface area contributed by atoms with Crippen molar-refractivity contribution in [1.82, 2.24) is 9.55 Å². The first-order valence-electron chi connectivity index (χ1n) is 10.6. The largest absolute Gasteiger partial charge is 0.493 e. The Morgan fingerprint density at radius 3 is 2.48 bits per heavy atom. The zero-order valence-electron chi connectivity index (χ0n) is 18.4. The third-order valence-corrected chi connectivity index (χ3v) is 5.05. The monoisotopic (exact) mass is 424 g/mol. The third kappa shape index (κ3) is 4.76. The van der Waals surface area contributed by atoms with Gasteiger partial charge in [-0.3, -0.25) is 14.4 Å². The minimum Gasteiger partial charge on any atom is -0.493 e. The Kier molecular flexibility index (Phi) is 7.05. The molecule has 0 unspecified atom stereocenters. The molecule has 7 nitrogen and oxygen atoms in total. The summed E-state index contributed by atoms with van der Waals surface area (Å²) in [4.78, 5) is 41.4. The van der Waals surface area contributed by atoms with Gasteiger partial charge in [-0.25, -0.2) is 9.55 Å². The first-order chi connectivity index (χ1) is 14.8. The summed E-state index contributed by atoms with van der Waals surface area (Å²) in [5.74, 6) is -0.115. The first kappa shape index (κ1) is 22.5. The predicted molar refractivity (Wildman–Crippen MR) is 120 cm³/mol. The normalized spacial score (nSPS) is 11.3. The van der Waals surface area contributed by atoms with Crippen molar-refractivity contribution in [3.8, 4) is 5.75 Å². The predicted octanol–water partition coefficient (Wildman–Crippen LogP) is 4.45. The second-order valence-electron chi connectivity index (χ2n) is 7.71. The number of esters is 1. The Bertz CT molecular complexity index is 1180. The van der Waals surface area contributed by atoms with Crippen molar-refractivity contribution in [2.75, 3.05) is 13.2 Å². The zero-order valence-corrected chi connectivity index (χ0v) is 18.4. The maximum absolute atomic E-state index is 12.9. The number of hydrogen-bond donors (Lipinski definition) is 0. The lowest BCUT2D eigenvalue weighted by atomic mass is 10.1. The first-order valence-corrected chi connectivity index (χ1v) is 10.6. The minimum atomic E-state index is -0.398. The molecule has 0 amide bonds. The summed E-state index contributed by atoms with van der Waals surface area (Å²) in [5.41, 5.74) is 0.997. The number of fused-ring (bicyclic) bond motifs is 3. The van der Waals surface area contributed by atoms with Crippen molar-refractivity contribution in [3.05, 3.63) is 46.4 Å². The Labute approximate surface area is 181 Å². The third-order valence-electron chi connectivity index (χ3n) is 5.05. The molecule has 0 fully saturated rings. The average molecular weight is 424 g/mol. The van der Waals surface area contributed by atoms with Crippen LogP contribution in [0.2, 0.25) is 0 Å². The van der Waals surface area contributed by atoms with Crippen LogP contribution in [0.3, 0.4) is 0 Å². The summed E-state index contributed by atoms with van der Waals surface area (Å²) in [6.45, 7) is 7.70. The van der Waals surface area contributed by atoms with Crippen LogP contribution >= 0.6 is 0 Å². The van der Waals surface area contributed by atoms with Gasteiger partial charge in [0.2, 0.25) is 5.91 Å². The van der Waals surface area contributed by atoms with Gasteiger partial charge in [-0.15, -0.1) is 0 Å². The van der Waals surface area contributed by atoms with Gasteiger partial charge in [0.1, 0.15) is 11.4 Å². The second-order valence-corrected chi connectivity index (χ2v) is 7.71. The van der Waals surface area contributed by atoms with E-state index >= 15 is 0 Å². The molecule has 0 atom stereocenters. The summed E-state index contributed by atoms with van der Waals surface area (Å²) in [5, 5.41) is 1.68. The molecule has 164 valence electrons. The molecule has 0 spiro atoms. The smallest absolute Gasteiger partial charge is 0.305 e. The Morgan fingerprint density at radius 1 is 1.13 bits per heavy atom. The van der Waals surface area contributed by atoms with Crippen LogP contribution in [0.15, 0.2) is 35.1 Å². The summed E-state index contributed by atoms with van der Waals surface area (Å²) in [6.07, 6.45) is 1.68. The van der Waals surface area contributed by atoms with E-state index in [-0.39, 0.29) is 17.8 Å². The molecular formula is C24H28N2O5. The minimum absolute atomic E-state index is 0.114. The number of rotatable bonds is 8. The molecule has 3 rings (SSSR count). The quantitative estimate of drug-likeness (QED) is 0.302. The van der Waals surface area contributed by atoms with Crippen molar-refractivity contribution in [2.45, 2.75) is 52.9 Å². The molecule has 0 bridgehead atoms. The van der Waals surface area contributed by atoms with E-state index in [0.29, 0.717) is 55.0 Å². The molecule has 0 N–H and O–H groups in total. The summed E-state index contributed by atoms with van der Waals surface area (Å²) in [7, 11) is 0. The average Bonchev–Trinajstić information content (AvgIpc) is 2.72. The van der Waals surface area contributed by atoms with E-state index < -0.39 is 5.56 Å². The number of carbonyl (C=O) groups excluding carboxylic acids is 2. The maximum atomic E-state index is 12.9. The molecule has 0 radical (unpaired) electrons. The van der Waals surface area contributed by atoms with Crippen molar-refractivity contribution >= 4 is 33.7 Å². The Hall–Kier alpha value is -3.22. The van der Waals surface area contributed by atoms with Gasteiger partial charge in [-0.2, -0.15) is 0 Å². The van der Waals surface area contributed by atoms with E-state index in [2.05, 4.69) is 4.98 Å². The molecule has 1 heterocycles. The number of benzene rings is 2. The fraction of sp³-hybridized carbons (Fsp3) is 0.417. The molecule has 0 saturated carbocycles. The van der Waals surface area contributed by atoms with Crippen LogP contribution in [-0.4, -0.2) is 34.6 Å². The molecule has 7 heteroatoms. The van der Waals surface area contributed by atoms with Crippen LogP contribution in [0.1, 0.15) is 63.4 Å². The highest BCUT2D eigenvalue weighted by Crippen LogP contribution is 2.33. The lowest BCUT2D eigenvalue weighted by molar-refractivity contribution is -0.143. The fourth-order valence-electron chi connectivity index (χ4n) is 3.59. The topological polar surface area (TPSA) is 87.5 Å². The number of nitrogens with zero attached hydrogens (tertiary/aromatic N) is 2. The van der Waals surface area contributed by atoms with Crippen molar-refractivity contribution in [1.29, 1.82) is 0 Å². The van der Waals surface area contributed by atoms with E-state index in [1.54, 1.807) is 13.0 Å². The number of carbonyl (C=O) groups is 2. The molecule has 0 aliphatic heterocycles. The SMILES string of the molecule is CCOC(=O)CCCCOc1cc2c(nc(C(C)C)c(=O)n2C(C)=O)c2ccccc12. The van der Waals surface area contributed by atoms with Crippen LogP contribution in [0, 0.1) is 0 Å². The van der Waals surface area contributed by atoms with Gasteiger partial charge < -0.3 is 9.47 Å². The molecule has 3 aromatic rings. The Balaban J connectivity index is 2.02. The highest BCUT2D eigenvalue weighted by Gasteiger charge is 2.19. The highest BCUT2D eigenvalue weighted by atomic mass is 16.5. The molecular weight excluding hydrogens is 396 g/mol. The van der Waals surface area contributed by atoms with Crippen molar-refractivity contribution < 1.29 is 19.1 Å². The Morgan fingerprint density at radius 2 is 1.84 bits per heavy atom. The highest BCUT2D eigenvalue weighted by molar-refractivity contribution is 6.08. The van der Waals surface area contributed by atoms with Crippen molar-refractivity contribution in [2.24, 2.45) is 0 Å². The molecule has 31 heavy (non-hydrogen) atoms. The van der Waals surface area contributed by atoms with Gasteiger partial charge >= 0.3 is 5.97 Å². The van der Waals surface area contributed by atoms with Gasteiger partial charge in [0, 0.05) is 36.1 Å². The molecule has 1 aromatic heterocycles. The number of unbranched alkanes of at least 4 members (excludes halogenated alkanes) is 1. The number of ether oxygens (including phenoxy) is 2. The molecule has 0 aliphatic rings.